The average Bonchev–Trinajstić information content (AvgIpc) is 2.67. The van der Waals surface area contributed by atoms with Gasteiger partial charge in [0, 0.05) is 12.5 Å². The summed E-state index contributed by atoms with van der Waals surface area (Å²) >= 11 is 0. The van der Waals surface area contributed by atoms with E-state index in [2.05, 4.69) is 0 Å². The number of aliphatic hydroxyl groups is 1. The van der Waals surface area contributed by atoms with E-state index in [-0.39, 0.29) is 24.5 Å². The van der Waals surface area contributed by atoms with Gasteiger partial charge in [-0.15, -0.1) is 0 Å². The molecule has 0 saturated carbocycles. The fraction of sp³-hybridized carbons (Fsp3) is 0.900. The fourth-order valence-corrected chi connectivity index (χ4v) is 4.96. The molecule has 4 unspecified atom stereocenters. The van der Waals surface area contributed by atoms with Crippen molar-refractivity contribution in [3.63, 3.8) is 0 Å². The van der Waals surface area contributed by atoms with Crippen molar-refractivity contribution in [2.75, 3.05) is 18.1 Å². The molecule has 2 rings (SSSR count). The zero-order valence-electron chi connectivity index (χ0n) is 9.50. The van der Waals surface area contributed by atoms with Gasteiger partial charge in [-0.05, 0) is 13.3 Å². The van der Waals surface area contributed by atoms with Crippen molar-refractivity contribution >= 4 is 15.8 Å². The molecule has 2 N–H and O–H groups in total. The van der Waals surface area contributed by atoms with Crippen molar-refractivity contribution in [3.8, 4) is 0 Å². The van der Waals surface area contributed by atoms with Gasteiger partial charge in [-0.25, -0.2) is 8.42 Å². The third-order valence-corrected chi connectivity index (χ3v) is 5.71. The van der Waals surface area contributed by atoms with Gasteiger partial charge in [-0.3, -0.25) is 4.79 Å². The minimum absolute atomic E-state index is 0.251. The fourth-order valence-electron chi connectivity index (χ4n) is 3.00. The molecule has 0 amide bonds. The lowest BCUT2D eigenvalue weighted by atomic mass is 9.69. The predicted molar refractivity (Wildman–Crippen MR) is 58.3 cm³/mol. The van der Waals surface area contributed by atoms with Crippen LogP contribution in [0.2, 0.25) is 0 Å². The van der Waals surface area contributed by atoms with Gasteiger partial charge in [0.15, 0.2) is 9.84 Å². The summed E-state index contributed by atoms with van der Waals surface area (Å²) in [5.74, 6) is -2.47. The molecule has 2 fully saturated rings. The number of aliphatic hydroxyl groups excluding tert-OH is 1. The summed E-state index contributed by atoms with van der Waals surface area (Å²) in [6.07, 6.45) is -1.44. The second kappa shape index (κ2) is 3.93. The van der Waals surface area contributed by atoms with Crippen LogP contribution < -0.4 is 0 Å². The van der Waals surface area contributed by atoms with Crippen LogP contribution in [0.15, 0.2) is 0 Å². The average molecular weight is 264 g/mol. The third-order valence-electron chi connectivity index (χ3n) is 3.99. The highest BCUT2D eigenvalue weighted by atomic mass is 32.2. The van der Waals surface area contributed by atoms with Crippen LogP contribution in [0.3, 0.4) is 0 Å². The Morgan fingerprint density at radius 3 is 2.41 bits per heavy atom. The van der Waals surface area contributed by atoms with E-state index in [0.717, 1.165) is 0 Å². The van der Waals surface area contributed by atoms with E-state index >= 15 is 0 Å². The minimum Gasteiger partial charge on any atom is -0.481 e. The first-order chi connectivity index (χ1) is 7.79. The van der Waals surface area contributed by atoms with Gasteiger partial charge < -0.3 is 14.9 Å². The number of sulfone groups is 1. The van der Waals surface area contributed by atoms with E-state index in [1.54, 1.807) is 6.92 Å². The number of hydrogen-bond acceptors (Lipinski definition) is 5. The highest BCUT2D eigenvalue weighted by molar-refractivity contribution is 7.91. The van der Waals surface area contributed by atoms with Crippen molar-refractivity contribution in [2.45, 2.75) is 25.6 Å². The number of aliphatic carboxylic acids is 1. The molecule has 0 radical (unpaired) electrons. The Morgan fingerprint density at radius 2 is 2.06 bits per heavy atom. The normalized spacial score (nSPS) is 44.9. The summed E-state index contributed by atoms with van der Waals surface area (Å²) in [6, 6.07) is 0. The van der Waals surface area contributed by atoms with E-state index < -0.39 is 39.3 Å². The Balaban J connectivity index is 2.39. The van der Waals surface area contributed by atoms with Gasteiger partial charge in [0.1, 0.15) is 5.41 Å². The van der Waals surface area contributed by atoms with Gasteiger partial charge in [-0.1, -0.05) is 0 Å². The van der Waals surface area contributed by atoms with Gasteiger partial charge in [0.05, 0.1) is 23.7 Å². The quantitative estimate of drug-likeness (QED) is 0.682. The lowest BCUT2D eigenvalue weighted by molar-refractivity contribution is -0.158. The topological polar surface area (TPSA) is 101 Å². The lowest BCUT2D eigenvalue weighted by Crippen LogP contribution is -2.48. The van der Waals surface area contributed by atoms with Crippen LogP contribution in [0.1, 0.15) is 13.3 Å². The second-order valence-electron chi connectivity index (χ2n) is 4.86. The Morgan fingerprint density at radius 1 is 1.41 bits per heavy atom. The maximum atomic E-state index is 11.5. The second-order valence-corrected chi connectivity index (χ2v) is 7.01. The molecule has 0 aromatic heterocycles. The summed E-state index contributed by atoms with van der Waals surface area (Å²) in [6.45, 7) is 1.91. The maximum Gasteiger partial charge on any atom is 0.312 e. The Hall–Kier alpha value is -0.660. The molecule has 0 bridgehead atoms. The van der Waals surface area contributed by atoms with Crippen molar-refractivity contribution in [3.05, 3.63) is 0 Å². The van der Waals surface area contributed by atoms with E-state index in [4.69, 9.17) is 4.74 Å². The van der Waals surface area contributed by atoms with Crippen molar-refractivity contribution < 1.29 is 28.2 Å². The largest absolute Gasteiger partial charge is 0.481 e. The van der Waals surface area contributed by atoms with Crippen LogP contribution in [0.25, 0.3) is 0 Å². The first kappa shape index (κ1) is 12.8. The first-order valence-corrected chi connectivity index (χ1v) is 7.35. The summed E-state index contributed by atoms with van der Waals surface area (Å²) in [5.41, 5.74) is -1.27. The third kappa shape index (κ3) is 1.86. The molecule has 2 aliphatic heterocycles. The SMILES string of the molecule is CC1OCCC1(C(=O)O)C1CS(=O)(=O)CC1O. The number of rotatable bonds is 2. The van der Waals surface area contributed by atoms with Crippen LogP contribution in [0.5, 0.6) is 0 Å². The van der Waals surface area contributed by atoms with E-state index in [0.29, 0.717) is 0 Å². The minimum atomic E-state index is -3.35. The molecule has 17 heavy (non-hydrogen) atoms. The Labute approximate surface area is 99.5 Å². The first-order valence-electron chi connectivity index (χ1n) is 5.53. The van der Waals surface area contributed by atoms with Crippen LogP contribution in [-0.2, 0) is 19.4 Å². The van der Waals surface area contributed by atoms with Crippen LogP contribution in [0.4, 0.5) is 0 Å². The predicted octanol–water partition coefficient (Wildman–Crippen LogP) is -0.728. The Kier molecular flexibility index (Phi) is 2.95. The van der Waals surface area contributed by atoms with Crippen LogP contribution in [0, 0.1) is 11.3 Å². The van der Waals surface area contributed by atoms with E-state index in [9.17, 15) is 23.4 Å². The maximum absolute atomic E-state index is 11.5. The summed E-state index contributed by atoms with van der Waals surface area (Å²) < 4.78 is 28.2. The number of carbonyl (C=O) groups is 1. The zero-order chi connectivity index (χ0) is 12.8. The van der Waals surface area contributed by atoms with Gasteiger partial charge in [-0.2, -0.15) is 0 Å². The molecule has 0 aliphatic carbocycles. The van der Waals surface area contributed by atoms with E-state index in [1.165, 1.54) is 0 Å². The van der Waals surface area contributed by atoms with Gasteiger partial charge >= 0.3 is 5.97 Å². The molecule has 2 saturated heterocycles. The molecule has 0 aromatic rings. The van der Waals surface area contributed by atoms with Crippen LogP contribution in [-0.4, -0.2) is 54.9 Å². The number of carboxylic acids is 1. The Bertz CT molecular complexity index is 430. The van der Waals surface area contributed by atoms with Crippen molar-refractivity contribution in [1.29, 1.82) is 0 Å². The zero-order valence-corrected chi connectivity index (χ0v) is 10.3. The number of hydrogen-bond donors (Lipinski definition) is 2. The van der Waals surface area contributed by atoms with Gasteiger partial charge in [0.2, 0.25) is 0 Å². The molecule has 2 aliphatic rings. The smallest absolute Gasteiger partial charge is 0.312 e. The molecule has 6 nitrogen and oxygen atoms in total. The highest BCUT2D eigenvalue weighted by Crippen LogP contribution is 2.46. The van der Waals surface area contributed by atoms with E-state index in [1.807, 2.05) is 0 Å². The molecule has 2 heterocycles. The molecule has 0 aromatic carbocycles. The summed E-state index contributed by atoms with van der Waals surface area (Å²) in [5, 5.41) is 19.2. The number of carboxylic acid groups (broad SMARTS) is 1. The molecule has 0 spiro atoms. The number of ether oxygens (including phenoxy) is 1. The molecule has 4 atom stereocenters. The van der Waals surface area contributed by atoms with Gasteiger partial charge in [0.25, 0.3) is 0 Å². The monoisotopic (exact) mass is 264 g/mol. The van der Waals surface area contributed by atoms with Crippen molar-refractivity contribution in [2.24, 2.45) is 11.3 Å². The summed E-state index contributed by atoms with van der Waals surface area (Å²) in [7, 11) is -3.35. The highest BCUT2D eigenvalue weighted by Gasteiger charge is 2.59. The van der Waals surface area contributed by atoms with Crippen LogP contribution >= 0.6 is 0 Å². The molecular formula is C10H16O6S. The molecular weight excluding hydrogens is 248 g/mol. The summed E-state index contributed by atoms with van der Waals surface area (Å²) in [4.78, 5) is 11.5. The lowest BCUT2D eigenvalue weighted by Gasteiger charge is -2.34. The standard InChI is InChI=1S/C10H16O6S/c1-6-10(9(12)13,2-3-16-6)7-4-17(14,15)5-8(7)11/h6-8,11H,2-5H2,1H3,(H,12,13). The van der Waals surface area contributed by atoms with Crippen molar-refractivity contribution in [1.82, 2.24) is 0 Å². The molecule has 7 heteroatoms. The molecule has 98 valence electrons.